The molecule has 1 aromatic heterocycles. The quantitative estimate of drug-likeness (QED) is 0.738. The number of H-pyrrole nitrogens is 1. The van der Waals surface area contributed by atoms with Crippen molar-refractivity contribution in [2.75, 3.05) is 7.11 Å². The highest BCUT2D eigenvalue weighted by molar-refractivity contribution is 5.86. The van der Waals surface area contributed by atoms with Gasteiger partial charge in [0.2, 0.25) is 0 Å². The van der Waals surface area contributed by atoms with E-state index in [1.165, 1.54) is 22.2 Å². The summed E-state index contributed by atoms with van der Waals surface area (Å²) in [7, 11) is 1.69. The van der Waals surface area contributed by atoms with Gasteiger partial charge in [-0.05, 0) is 30.2 Å². The van der Waals surface area contributed by atoms with E-state index in [0.717, 1.165) is 18.6 Å². The maximum absolute atomic E-state index is 5.94. The van der Waals surface area contributed by atoms with Crippen LogP contribution in [0.1, 0.15) is 11.3 Å². The summed E-state index contributed by atoms with van der Waals surface area (Å²) >= 11 is 0. The number of rotatable bonds is 1. The molecule has 15 heavy (non-hydrogen) atoms. The minimum absolute atomic E-state index is 0.279. The summed E-state index contributed by atoms with van der Waals surface area (Å²) < 4.78 is 5.23. The highest BCUT2D eigenvalue weighted by Crippen LogP contribution is 2.31. The number of aromatic nitrogens is 1. The van der Waals surface area contributed by atoms with Crippen molar-refractivity contribution in [1.29, 1.82) is 0 Å². The molecule has 1 aliphatic rings. The van der Waals surface area contributed by atoms with Crippen molar-refractivity contribution in [2.24, 2.45) is 5.73 Å². The fraction of sp³-hybridized carbons (Fsp3) is 0.333. The van der Waals surface area contributed by atoms with Gasteiger partial charge in [-0.15, -0.1) is 0 Å². The van der Waals surface area contributed by atoms with E-state index in [0.29, 0.717) is 0 Å². The molecule has 1 aromatic carbocycles. The lowest BCUT2D eigenvalue weighted by molar-refractivity contribution is 0.415. The molecule has 0 saturated carbocycles. The molecule has 3 rings (SSSR count). The standard InChI is InChI=1S/C12H14N2O/c1-15-8-2-3-11-10(6-8)9-4-7(13)5-12(9)14-11/h2-3,6-7,14H,4-5,13H2,1H3/t7-/m0/s1. The zero-order valence-electron chi connectivity index (χ0n) is 8.71. The summed E-state index contributed by atoms with van der Waals surface area (Å²) in [6.45, 7) is 0. The number of nitrogens with two attached hydrogens (primary N) is 1. The topological polar surface area (TPSA) is 51.0 Å². The minimum Gasteiger partial charge on any atom is -0.497 e. The van der Waals surface area contributed by atoms with E-state index in [1.54, 1.807) is 7.11 Å². The van der Waals surface area contributed by atoms with Crippen LogP contribution >= 0.6 is 0 Å². The highest BCUT2D eigenvalue weighted by Gasteiger charge is 2.22. The molecule has 0 bridgehead atoms. The van der Waals surface area contributed by atoms with E-state index >= 15 is 0 Å². The van der Waals surface area contributed by atoms with Crippen molar-refractivity contribution in [3.63, 3.8) is 0 Å². The SMILES string of the molecule is COc1ccc2[nH]c3c(c2c1)C[C@H](N)C3. The summed E-state index contributed by atoms with van der Waals surface area (Å²) in [4.78, 5) is 3.42. The summed E-state index contributed by atoms with van der Waals surface area (Å²) in [5.41, 5.74) is 9.80. The Morgan fingerprint density at radius 3 is 3.07 bits per heavy atom. The van der Waals surface area contributed by atoms with Crippen LogP contribution < -0.4 is 10.5 Å². The minimum atomic E-state index is 0.279. The van der Waals surface area contributed by atoms with Crippen molar-refractivity contribution in [3.05, 3.63) is 29.5 Å². The Morgan fingerprint density at radius 2 is 2.27 bits per heavy atom. The van der Waals surface area contributed by atoms with E-state index in [1.807, 2.05) is 6.07 Å². The number of ether oxygens (including phenoxy) is 1. The van der Waals surface area contributed by atoms with E-state index in [9.17, 15) is 0 Å². The Balaban J connectivity index is 2.22. The third-order valence-electron chi connectivity index (χ3n) is 3.13. The van der Waals surface area contributed by atoms with Crippen LogP contribution in [0.5, 0.6) is 5.75 Å². The molecule has 0 fully saturated rings. The molecule has 78 valence electrons. The normalized spacial score (nSPS) is 19.5. The molecule has 3 nitrogen and oxygen atoms in total. The second kappa shape index (κ2) is 3.00. The lowest BCUT2D eigenvalue weighted by atomic mass is 10.1. The number of hydrogen-bond acceptors (Lipinski definition) is 2. The first kappa shape index (κ1) is 8.80. The molecule has 0 aliphatic heterocycles. The number of benzene rings is 1. The molecule has 1 heterocycles. The van der Waals surface area contributed by atoms with Gasteiger partial charge in [0.1, 0.15) is 5.75 Å². The Hall–Kier alpha value is -1.48. The lowest BCUT2D eigenvalue weighted by Gasteiger charge is -2.02. The predicted octanol–water partition coefficient (Wildman–Crippen LogP) is 1.60. The molecule has 0 unspecified atom stereocenters. The molecule has 3 heteroatoms. The monoisotopic (exact) mass is 202 g/mol. The summed E-state index contributed by atoms with van der Waals surface area (Å²) in [6, 6.07) is 6.41. The largest absolute Gasteiger partial charge is 0.497 e. The van der Waals surface area contributed by atoms with Gasteiger partial charge >= 0.3 is 0 Å². The third-order valence-corrected chi connectivity index (χ3v) is 3.13. The molecule has 1 atom stereocenters. The number of hydrogen-bond donors (Lipinski definition) is 2. The lowest BCUT2D eigenvalue weighted by Crippen LogP contribution is -2.19. The van der Waals surface area contributed by atoms with Gasteiger partial charge in [0.05, 0.1) is 7.11 Å². The van der Waals surface area contributed by atoms with Crippen molar-refractivity contribution < 1.29 is 4.74 Å². The van der Waals surface area contributed by atoms with Gasteiger partial charge in [0.25, 0.3) is 0 Å². The molecule has 0 spiro atoms. The van der Waals surface area contributed by atoms with E-state index in [-0.39, 0.29) is 6.04 Å². The van der Waals surface area contributed by atoms with Gasteiger partial charge < -0.3 is 15.5 Å². The average molecular weight is 202 g/mol. The van der Waals surface area contributed by atoms with Crippen molar-refractivity contribution in [2.45, 2.75) is 18.9 Å². The Bertz CT molecular complexity index is 516. The first-order valence-electron chi connectivity index (χ1n) is 5.21. The average Bonchev–Trinajstić information content (AvgIpc) is 2.73. The number of nitrogens with one attached hydrogen (secondary N) is 1. The smallest absolute Gasteiger partial charge is 0.119 e. The molecule has 3 N–H and O–H groups in total. The highest BCUT2D eigenvalue weighted by atomic mass is 16.5. The predicted molar refractivity (Wildman–Crippen MR) is 60.2 cm³/mol. The molecule has 0 saturated heterocycles. The first-order valence-corrected chi connectivity index (χ1v) is 5.21. The van der Waals surface area contributed by atoms with Crippen molar-refractivity contribution in [3.8, 4) is 5.75 Å². The van der Waals surface area contributed by atoms with Gasteiger partial charge in [0.15, 0.2) is 0 Å². The van der Waals surface area contributed by atoms with E-state index in [4.69, 9.17) is 10.5 Å². The second-order valence-corrected chi connectivity index (χ2v) is 4.16. The first-order chi connectivity index (χ1) is 7.28. The van der Waals surface area contributed by atoms with Crippen LogP contribution in [0.25, 0.3) is 10.9 Å². The Kier molecular flexibility index (Phi) is 1.76. The third kappa shape index (κ3) is 1.23. The zero-order valence-corrected chi connectivity index (χ0v) is 8.71. The van der Waals surface area contributed by atoms with E-state index in [2.05, 4.69) is 17.1 Å². The molecule has 0 radical (unpaired) electrons. The van der Waals surface area contributed by atoms with Gasteiger partial charge in [-0.25, -0.2) is 0 Å². The van der Waals surface area contributed by atoms with Gasteiger partial charge in [0, 0.05) is 29.1 Å². The number of aromatic amines is 1. The number of fused-ring (bicyclic) bond motifs is 3. The summed E-state index contributed by atoms with van der Waals surface area (Å²) in [5.74, 6) is 0.907. The van der Waals surface area contributed by atoms with Crippen LogP contribution in [0, 0.1) is 0 Å². The number of methoxy groups -OCH3 is 1. The van der Waals surface area contributed by atoms with Crippen molar-refractivity contribution in [1.82, 2.24) is 4.98 Å². The fourth-order valence-corrected chi connectivity index (χ4v) is 2.41. The van der Waals surface area contributed by atoms with Crippen LogP contribution in [0.4, 0.5) is 0 Å². The van der Waals surface area contributed by atoms with Gasteiger partial charge in [-0.2, -0.15) is 0 Å². The van der Waals surface area contributed by atoms with E-state index < -0.39 is 0 Å². The Morgan fingerprint density at radius 1 is 1.40 bits per heavy atom. The fourth-order valence-electron chi connectivity index (χ4n) is 2.41. The molecule has 2 aromatic rings. The molecular weight excluding hydrogens is 188 g/mol. The van der Waals surface area contributed by atoms with Crippen LogP contribution in [-0.4, -0.2) is 18.1 Å². The van der Waals surface area contributed by atoms with Gasteiger partial charge in [-0.1, -0.05) is 0 Å². The maximum atomic E-state index is 5.94. The van der Waals surface area contributed by atoms with Crippen LogP contribution in [0.15, 0.2) is 18.2 Å². The second-order valence-electron chi connectivity index (χ2n) is 4.16. The molecule has 0 amide bonds. The van der Waals surface area contributed by atoms with Crippen LogP contribution in [0.2, 0.25) is 0 Å². The summed E-state index contributed by atoms with van der Waals surface area (Å²) in [5, 5.41) is 1.26. The van der Waals surface area contributed by atoms with Gasteiger partial charge in [-0.3, -0.25) is 0 Å². The zero-order chi connectivity index (χ0) is 10.4. The molecular formula is C12H14N2O. The van der Waals surface area contributed by atoms with Crippen LogP contribution in [0.3, 0.4) is 0 Å². The summed E-state index contributed by atoms with van der Waals surface area (Å²) in [6.07, 6.45) is 1.94. The van der Waals surface area contributed by atoms with Crippen molar-refractivity contribution >= 4 is 10.9 Å². The molecule has 1 aliphatic carbocycles. The van der Waals surface area contributed by atoms with Crippen LogP contribution in [-0.2, 0) is 12.8 Å². The Labute approximate surface area is 88.2 Å². The maximum Gasteiger partial charge on any atom is 0.119 e.